The van der Waals surface area contributed by atoms with Crippen LogP contribution in [0.2, 0.25) is 0 Å². The maximum Gasteiger partial charge on any atom is 0.410 e. The number of piperazine rings is 1. The number of H-pyrrole nitrogens is 1. The average Bonchev–Trinajstić information content (AvgIpc) is 3.06. The first-order valence-electron chi connectivity index (χ1n) is 10.2. The molecule has 1 aliphatic heterocycles. The predicted octanol–water partition coefficient (Wildman–Crippen LogP) is 3.79. The molecule has 0 radical (unpaired) electrons. The molecule has 0 saturated carbocycles. The molecular weight excluding hydrogens is 382 g/mol. The summed E-state index contributed by atoms with van der Waals surface area (Å²) in [5.74, 6) is 0.802. The van der Waals surface area contributed by atoms with E-state index in [4.69, 9.17) is 14.5 Å². The van der Waals surface area contributed by atoms with Gasteiger partial charge in [0.25, 0.3) is 0 Å². The highest BCUT2D eigenvalue weighted by Gasteiger charge is 2.28. The highest BCUT2D eigenvalue weighted by Crippen LogP contribution is 2.38. The van der Waals surface area contributed by atoms with E-state index in [2.05, 4.69) is 15.1 Å². The molecular formula is C22H29N5O3. The normalized spacial score (nSPS) is 15.1. The van der Waals surface area contributed by atoms with Crippen molar-refractivity contribution >= 4 is 33.7 Å². The monoisotopic (exact) mass is 411 g/mol. The van der Waals surface area contributed by atoms with Gasteiger partial charge in [-0.3, -0.25) is 5.10 Å². The first-order chi connectivity index (χ1) is 14.2. The number of anilines is 1. The molecule has 1 aromatic carbocycles. The summed E-state index contributed by atoms with van der Waals surface area (Å²) >= 11 is 0. The van der Waals surface area contributed by atoms with Crippen LogP contribution in [0, 0.1) is 13.8 Å². The van der Waals surface area contributed by atoms with Gasteiger partial charge < -0.3 is 19.3 Å². The van der Waals surface area contributed by atoms with E-state index in [1.165, 1.54) is 0 Å². The van der Waals surface area contributed by atoms with Crippen molar-refractivity contribution in [2.45, 2.75) is 40.2 Å². The van der Waals surface area contributed by atoms with E-state index in [9.17, 15) is 4.79 Å². The van der Waals surface area contributed by atoms with Gasteiger partial charge in [-0.1, -0.05) is 0 Å². The second-order valence-electron chi connectivity index (χ2n) is 8.80. The third-order valence-electron chi connectivity index (χ3n) is 5.40. The second-order valence-corrected chi connectivity index (χ2v) is 8.80. The van der Waals surface area contributed by atoms with Crippen molar-refractivity contribution < 1.29 is 14.3 Å². The Balaban J connectivity index is 1.74. The number of aryl methyl sites for hydroxylation is 2. The van der Waals surface area contributed by atoms with Crippen LogP contribution in [0.3, 0.4) is 0 Å². The number of rotatable bonds is 2. The molecule has 2 aromatic heterocycles. The van der Waals surface area contributed by atoms with E-state index in [1.54, 1.807) is 12.0 Å². The maximum absolute atomic E-state index is 12.5. The number of pyridine rings is 1. The number of hydrogen-bond donors (Lipinski definition) is 1. The third-order valence-corrected chi connectivity index (χ3v) is 5.40. The van der Waals surface area contributed by atoms with E-state index in [-0.39, 0.29) is 6.09 Å². The Morgan fingerprint density at radius 1 is 1.13 bits per heavy atom. The van der Waals surface area contributed by atoms with Crippen molar-refractivity contribution in [2.75, 3.05) is 38.2 Å². The molecule has 0 atom stereocenters. The van der Waals surface area contributed by atoms with E-state index < -0.39 is 5.60 Å². The zero-order chi connectivity index (χ0) is 21.6. The van der Waals surface area contributed by atoms with Crippen LogP contribution in [0.5, 0.6) is 5.75 Å². The Kier molecular flexibility index (Phi) is 4.95. The van der Waals surface area contributed by atoms with Gasteiger partial charge in [0, 0.05) is 37.3 Å². The van der Waals surface area contributed by atoms with E-state index in [1.807, 2.05) is 46.8 Å². The van der Waals surface area contributed by atoms with Crippen molar-refractivity contribution in [1.29, 1.82) is 0 Å². The zero-order valence-electron chi connectivity index (χ0n) is 18.5. The van der Waals surface area contributed by atoms with Crippen LogP contribution >= 0.6 is 0 Å². The van der Waals surface area contributed by atoms with Crippen molar-refractivity contribution in [3.63, 3.8) is 0 Å². The summed E-state index contributed by atoms with van der Waals surface area (Å²) < 4.78 is 11.1. The SMILES string of the molecule is COc1cc(C)c2nc3n[nH]c(C)c3c(N3CCN(C(=O)OC(C)(C)C)CC3)c2c1. The fraction of sp³-hybridized carbons (Fsp3) is 0.500. The molecule has 30 heavy (non-hydrogen) atoms. The number of methoxy groups -OCH3 is 1. The number of aromatic amines is 1. The molecule has 8 nitrogen and oxygen atoms in total. The molecule has 1 saturated heterocycles. The maximum atomic E-state index is 12.5. The lowest BCUT2D eigenvalue weighted by Crippen LogP contribution is -2.50. The van der Waals surface area contributed by atoms with Gasteiger partial charge in [0.1, 0.15) is 11.4 Å². The Labute approximate surface area is 176 Å². The molecule has 3 heterocycles. The summed E-state index contributed by atoms with van der Waals surface area (Å²) in [6, 6.07) is 4.03. The fourth-order valence-electron chi connectivity index (χ4n) is 3.98. The van der Waals surface area contributed by atoms with Gasteiger partial charge in [0.05, 0.1) is 23.7 Å². The molecule has 4 rings (SSSR count). The number of fused-ring (bicyclic) bond motifs is 2. The Morgan fingerprint density at radius 3 is 2.47 bits per heavy atom. The Morgan fingerprint density at radius 2 is 1.83 bits per heavy atom. The minimum atomic E-state index is -0.496. The molecule has 1 aliphatic rings. The van der Waals surface area contributed by atoms with Crippen LogP contribution in [0.15, 0.2) is 12.1 Å². The quantitative estimate of drug-likeness (QED) is 0.691. The first-order valence-corrected chi connectivity index (χ1v) is 10.2. The number of hydrogen-bond acceptors (Lipinski definition) is 6. The van der Waals surface area contributed by atoms with Crippen LogP contribution in [-0.4, -0.2) is 65.1 Å². The summed E-state index contributed by atoms with van der Waals surface area (Å²) in [4.78, 5) is 21.4. The van der Waals surface area contributed by atoms with E-state index in [0.717, 1.165) is 39.0 Å². The summed E-state index contributed by atoms with van der Waals surface area (Å²) in [5, 5.41) is 9.54. The predicted molar refractivity (Wildman–Crippen MR) is 117 cm³/mol. The molecule has 8 heteroatoms. The number of amides is 1. The number of ether oxygens (including phenoxy) is 2. The van der Waals surface area contributed by atoms with Gasteiger partial charge >= 0.3 is 6.09 Å². The van der Waals surface area contributed by atoms with Gasteiger partial charge in [0.15, 0.2) is 5.65 Å². The van der Waals surface area contributed by atoms with E-state index in [0.29, 0.717) is 31.8 Å². The molecule has 0 spiro atoms. The summed E-state index contributed by atoms with van der Waals surface area (Å²) in [6.45, 7) is 12.3. The van der Waals surface area contributed by atoms with Gasteiger partial charge in [-0.15, -0.1) is 0 Å². The smallest absolute Gasteiger partial charge is 0.410 e. The lowest BCUT2D eigenvalue weighted by Gasteiger charge is -2.37. The van der Waals surface area contributed by atoms with Gasteiger partial charge in [-0.05, 0) is 52.3 Å². The summed E-state index contributed by atoms with van der Waals surface area (Å²) in [6.07, 6.45) is -0.260. The number of nitrogens with zero attached hydrogens (tertiary/aromatic N) is 4. The number of aromatic nitrogens is 3. The number of benzene rings is 1. The number of nitrogens with one attached hydrogen (secondary N) is 1. The molecule has 3 aromatic rings. The lowest BCUT2D eigenvalue weighted by molar-refractivity contribution is 0.0241. The molecule has 0 bridgehead atoms. The number of carbonyl (C=O) groups excluding carboxylic acids is 1. The fourth-order valence-corrected chi connectivity index (χ4v) is 3.98. The summed E-state index contributed by atoms with van der Waals surface area (Å²) in [5.41, 5.74) is 4.23. The van der Waals surface area contributed by atoms with Crippen molar-refractivity contribution in [3.05, 3.63) is 23.4 Å². The van der Waals surface area contributed by atoms with Crippen LogP contribution in [0.4, 0.5) is 10.5 Å². The zero-order valence-corrected chi connectivity index (χ0v) is 18.5. The summed E-state index contributed by atoms with van der Waals surface area (Å²) in [7, 11) is 1.68. The van der Waals surface area contributed by atoms with Gasteiger partial charge in [-0.25, -0.2) is 9.78 Å². The van der Waals surface area contributed by atoms with Gasteiger partial charge in [-0.2, -0.15) is 5.10 Å². The van der Waals surface area contributed by atoms with Crippen LogP contribution in [0.1, 0.15) is 32.0 Å². The van der Waals surface area contributed by atoms with Gasteiger partial charge in [0.2, 0.25) is 0 Å². The Hall–Kier alpha value is -3.03. The van der Waals surface area contributed by atoms with Crippen LogP contribution in [-0.2, 0) is 4.74 Å². The molecule has 1 N–H and O–H groups in total. The van der Waals surface area contributed by atoms with Crippen molar-refractivity contribution in [1.82, 2.24) is 20.1 Å². The molecule has 0 unspecified atom stereocenters. The highest BCUT2D eigenvalue weighted by molar-refractivity contribution is 6.09. The molecule has 0 aliphatic carbocycles. The van der Waals surface area contributed by atoms with Crippen molar-refractivity contribution in [3.8, 4) is 5.75 Å². The minimum Gasteiger partial charge on any atom is -0.497 e. The Bertz CT molecular complexity index is 1110. The first kappa shape index (κ1) is 20.3. The minimum absolute atomic E-state index is 0.260. The molecule has 1 fully saturated rings. The third kappa shape index (κ3) is 3.62. The average molecular weight is 412 g/mol. The van der Waals surface area contributed by atoms with Crippen molar-refractivity contribution in [2.24, 2.45) is 0 Å². The second kappa shape index (κ2) is 7.34. The topological polar surface area (TPSA) is 83.6 Å². The largest absolute Gasteiger partial charge is 0.497 e. The van der Waals surface area contributed by atoms with Crippen LogP contribution < -0.4 is 9.64 Å². The molecule has 160 valence electrons. The number of carbonyl (C=O) groups is 1. The van der Waals surface area contributed by atoms with Crippen LogP contribution in [0.25, 0.3) is 21.9 Å². The molecule has 1 amide bonds. The highest BCUT2D eigenvalue weighted by atomic mass is 16.6. The lowest BCUT2D eigenvalue weighted by atomic mass is 10.0. The van der Waals surface area contributed by atoms with E-state index >= 15 is 0 Å². The standard InChI is InChI=1S/C22H29N5O3/c1-13-11-15(29-6)12-16-18(13)23-20-17(14(2)24-25-20)19(16)26-7-9-27(10-8-26)21(28)30-22(3,4)5/h11-12H,7-10H2,1-6H3,(H,23,24,25).